The van der Waals surface area contributed by atoms with Crippen LogP contribution in [0.2, 0.25) is 17.6 Å². The summed E-state index contributed by atoms with van der Waals surface area (Å²) in [5.41, 5.74) is 6.43. The van der Waals surface area contributed by atoms with Gasteiger partial charge in [0.2, 0.25) is 0 Å². The highest BCUT2D eigenvalue weighted by molar-refractivity contribution is 6.93. The number of benzene rings is 2. The summed E-state index contributed by atoms with van der Waals surface area (Å²) in [6.45, 7) is 23.6. The Balaban J connectivity index is 1.96. The van der Waals surface area contributed by atoms with E-state index < -0.39 is 8.07 Å². The van der Waals surface area contributed by atoms with Crippen molar-refractivity contribution in [2.75, 3.05) is 0 Å². The Morgan fingerprint density at radius 1 is 0.944 bits per heavy atom. The Hall–Kier alpha value is -1.80. The molecule has 2 aromatic rings. The van der Waals surface area contributed by atoms with Gasteiger partial charge in [0.15, 0.2) is 0 Å². The fraction of sp³-hybridized carbons (Fsp3) is 0.588. The van der Waals surface area contributed by atoms with Crippen LogP contribution in [0.25, 0.3) is 6.08 Å². The fourth-order valence-corrected chi connectivity index (χ4v) is 13.5. The molecule has 0 radical (unpaired) electrons. The molecule has 0 amide bonds. The van der Waals surface area contributed by atoms with Crippen molar-refractivity contribution in [3.05, 3.63) is 64.7 Å². The number of aryl methyl sites for hydroxylation is 1. The van der Waals surface area contributed by atoms with Gasteiger partial charge in [0.25, 0.3) is 0 Å². The summed E-state index contributed by atoms with van der Waals surface area (Å²) in [7, 11) is -1.96. The van der Waals surface area contributed by atoms with Gasteiger partial charge in [-0.3, -0.25) is 0 Å². The molecule has 2 heteroatoms. The molecule has 0 aromatic heterocycles. The topological polar surface area (TPSA) is 9.23 Å². The van der Waals surface area contributed by atoms with Gasteiger partial charge in [-0.25, -0.2) is 0 Å². The average Bonchev–Trinajstić information content (AvgIpc) is 3.16. The summed E-state index contributed by atoms with van der Waals surface area (Å²) in [4.78, 5) is 0. The van der Waals surface area contributed by atoms with Crippen LogP contribution < -0.4 is 9.92 Å². The second-order valence-electron chi connectivity index (χ2n) is 13.6. The third kappa shape index (κ3) is 4.75. The van der Waals surface area contributed by atoms with Crippen LogP contribution in [0.1, 0.15) is 104 Å². The molecule has 0 spiro atoms. The molecule has 2 aliphatic carbocycles. The Kier molecular flexibility index (Phi) is 7.43. The Morgan fingerprint density at radius 2 is 1.61 bits per heavy atom. The van der Waals surface area contributed by atoms with Crippen LogP contribution in [-0.2, 0) is 11.8 Å². The number of fused-ring (bicyclic) bond motifs is 3. The lowest BCUT2D eigenvalue weighted by Gasteiger charge is -2.45. The summed E-state index contributed by atoms with van der Waals surface area (Å²) in [6, 6.07) is 16.7. The standard InChI is InChI=1S/C34H50OSi/c1-11-24-21-29(33(5,6)7)31(35-34(8,9)10)30(22-24)36(12-2,13-3)32-23(4)20-28-26-17-15-14-16-25(26)18-19-27(28)32/h14-19,21-23,27-28,32H,11-13,20H2,1-10H3. The van der Waals surface area contributed by atoms with Crippen molar-refractivity contribution < 1.29 is 4.74 Å². The van der Waals surface area contributed by atoms with E-state index in [2.05, 4.69) is 118 Å². The minimum Gasteiger partial charge on any atom is -0.488 e. The minimum atomic E-state index is -1.96. The van der Waals surface area contributed by atoms with Crippen molar-refractivity contribution in [3.8, 4) is 5.75 Å². The number of rotatable bonds is 6. The molecular formula is C34H50OSi. The maximum atomic E-state index is 7.00. The Morgan fingerprint density at radius 3 is 2.19 bits per heavy atom. The van der Waals surface area contributed by atoms with E-state index in [1.807, 2.05) is 0 Å². The first-order valence-electron chi connectivity index (χ1n) is 14.5. The molecule has 0 bridgehead atoms. The largest absolute Gasteiger partial charge is 0.488 e. The van der Waals surface area contributed by atoms with Gasteiger partial charge in [-0.05, 0) is 89.8 Å². The Labute approximate surface area is 222 Å². The highest BCUT2D eigenvalue weighted by atomic mass is 28.3. The van der Waals surface area contributed by atoms with E-state index >= 15 is 0 Å². The van der Waals surface area contributed by atoms with Gasteiger partial charge in [-0.15, -0.1) is 0 Å². The van der Waals surface area contributed by atoms with E-state index in [4.69, 9.17) is 4.74 Å². The van der Waals surface area contributed by atoms with Crippen LogP contribution in [0.5, 0.6) is 5.75 Å². The molecule has 0 heterocycles. The van der Waals surface area contributed by atoms with Crippen LogP contribution in [-0.4, -0.2) is 13.7 Å². The zero-order valence-corrected chi connectivity index (χ0v) is 25.7. The summed E-state index contributed by atoms with van der Waals surface area (Å²) in [5.74, 6) is 3.22. The first kappa shape index (κ1) is 27.2. The second kappa shape index (κ2) is 9.82. The third-order valence-electron chi connectivity index (χ3n) is 9.22. The first-order valence-corrected chi connectivity index (χ1v) is 17.0. The second-order valence-corrected chi connectivity index (χ2v) is 18.5. The Bertz CT molecular complexity index is 1110. The summed E-state index contributed by atoms with van der Waals surface area (Å²) >= 11 is 0. The average molecular weight is 503 g/mol. The van der Waals surface area contributed by atoms with Crippen molar-refractivity contribution in [2.24, 2.45) is 11.8 Å². The van der Waals surface area contributed by atoms with Gasteiger partial charge in [0, 0.05) is 0 Å². The zero-order valence-electron chi connectivity index (χ0n) is 24.7. The molecule has 0 saturated heterocycles. The van der Waals surface area contributed by atoms with E-state index in [1.54, 1.807) is 10.8 Å². The van der Waals surface area contributed by atoms with Crippen LogP contribution in [0.3, 0.4) is 0 Å². The quantitative estimate of drug-likeness (QED) is 0.358. The molecule has 1 fully saturated rings. The van der Waals surface area contributed by atoms with Crippen LogP contribution in [0, 0.1) is 11.8 Å². The van der Waals surface area contributed by atoms with E-state index in [0.717, 1.165) is 12.0 Å². The SMILES string of the molecule is CCc1cc(C(C)(C)C)c(OC(C)(C)C)c([Si](CC)(CC)C2C(C)CC3c4ccccc4C=CC32)c1. The van der Waals surface area contributed by atoms with Crippen LogP contribution in [0.4, 0.5) is 0 Å². The molecule has 1 saturated carbocycles. The van der Waals surface area contributed by atoms with Gasteiger partial charge in [0.05, 0.1) is 8.07 Å². The summed E-state index contributed by atoms with van der Waals surface area (Å²) in [6.07, 6.45) is 7.42. The van der Waals surface area contributed by atoms with Gasteiger partial charge < -0.3 is 4.74 Å². The van der Waals surface area contributed by atoms with Crippen molar-refractivity contribution in [1.82, 2.24) is 0 Å². The lowest BCUT2D eigenvalue weighted by molar-refractivity contribution is 0.129. The predicted molar refractivity (Wildman–Crippen MR) is 160 cm³/mol. The minimum absolute atomic E-state index is 0.0373. The molecule has 0 N–H and O–H groups in total. The molecule has 4 atom stereocenters. The van der Waals surface area contributed by atoms with Gasteiger partial charge in [0.1, 0.15) is 11.4 Å². The normalized spacial score (nSPS) is 23.9. The third-order valence-corrected chi connectivity index (χ3v) is 15.4. The van der Waals surface area contributed by atoms with Crippen molar-refractivity contribution in [3.63, 3.8) is 0 Å². The van der Waals surface area contributed by atoms with Crippen molar-refractivity contribution >= 4 is 19.3 Å². The monoisotopic (exact) mass is 502 g/mol. The van der Waals surface area contributed by atoms with Crippen molar-refractivity contribution in [1.29, 1.82) is 0 Å². The lowest BCUT2D eigenvalue weighted by Crippen LogP contribution is -2.55. The molecule has 4 unspecified atom stereocenters. The van der Waals surface area contributed by atoms with E-state index in [0.29, 0.717) is 17.8 Å². The maximum absolute atomic E-state index is 7.00. The van der Waals surface area contributed by atoms with Gasteiger partial charge in [-0.1, -0.05) is 109 Å². The number of hydrogen-bond acceptors (Lipinski definition) is 1. The first-order chi connectivity index (χ1) is 16.9. The summed E-state index contributed by atoms with van der Waals surface area (Å²) in [5, 5.41) is 1.61. The molecule has 36 heavy (non-hydrogen) atoms. The highest BCUT2D eigenvalue weighted by Gasteiger charge is 2.54. The molecular weight excluding hydrogens is 452 g/mol. The summed E-state index contributed by atoms with van der Waals surface area (Å²) < 4.78 is 7.00. The highest BCUT2D eigenvalue weighted by Crippen LogP contribution is 2.59. The molecule has 4 rings (SSSR count). The molecule has 2 aliphatic rings. The van der Waals surface area contributed by atoms with E-state index in [1.165, 1.54) is 40.9 Å². The van der Waals surface area contributed by atoms with Crippen LogP contribution >= 0.6 is 0 Å². The van der Waals surface area contributed by atoms with E-state index in [9.17, 15) is 0 Å². The van der Waals surface area contributed by atoms with Gasteiger partial charge >= 0.3 is 0 Å². The van der Waals surface area contributed by atoms with Crippen molar-refractivity contribution in [2.45, 2.75) is 117 Å². The number of allylic oxidation sites excluding steroid dienone is 1. The fourth-order valence-electron chi connectivity index (χ4n) is 7.57. The number of hydrogen-bond donors (Lipinski definition) is 0. The lowest BCUT2D eigenvalue weighted by atomic mass is 9.81. The molecule has 2 aromatic carbocycles. The zero-order chi connectivity index (χ0) is 26.5. The van der Waals surface area contributed by atoms with E-state index in [-0.39, 0.29) is 11.0 Å². The molecule has 1 nitrogen and oxygen atoms in total. The maximum Gasteiger partial charge on any atom is 0.123 e. The molecule has 196 valence electrons. The van der Waals surface area contributed by atoms with Crippen LogP contribution in [0.15, 0.2) is 42.5 Å². The smallest absolute Gasteiger partial charge is 0.123 e. The predicted octanol–water partition coefficient (Wildman–Crippen LogP) is 9.26. The van der Waals surface area contributed by atoms with Gasteiger partial charge in [-0.2, -0.15) is 0 Å². The molecule has 0 aliphatic heterocycles. The number of ether oxygens (including phenoxy) is 1.